The van der Waals surface area contributed by atoms with E-state index in [4.69, 9.17) is 4.42 Å². The highest BCUT2D eigenvalue weighted by Gasteiger charge is 2.19. The second-order valence-electron chi connectivity index (χ2n) is 8.13. The van der Waals surface area contributed by atoms with Crippen LogP contribution in [0.2, 0.25) is 0 Å². The van der Waals surface area contributed by atoms with E-state index >= 15 is 0 Å². The van der Waals surface area contributed by atoms with Crippen LogP contribution in [0, 0.1) is 0 Å². The number of hydrogen-bond donors (Lipinski definition) is 2. The number of nitrogens with zero attached hydrogens (tertiary/aromatic N) is 3. The first-order chi connectivity index (χ1) is 15.3. The predicted molar refractivity (Wildman–Crippen MR) is 124 cm³/mol. The summed E-state index contributed by atoms with van der Waals surface area (Å²) in [5, 5.41) is 14.0. The molecule has 168 valence electrons. The summed E-state index contributed by atoms with van der Waals surface area (Å²) in [6.45, 7) is 10.7. The number of urea groups is 1. The molecule has 0 spiro atoms. The lowest BCUT2D eigenvalue weighted by Crippen LogP contribution is -2.40. The Bertz CT molecular complexity index is 1070. The minimum atomic E-state index is -0.563. The monoisotopic (exact) mass is 453 g/mol. The van der Waals surface area contributed by atoms with Crippen LogP contribution in [-0.2, 0) is 16.8 Å². The molecule has 0 aliphatic carbocycles. The second-order valence-corrected chi connectivity index (χ2v) is 9.08. The van der Waals surface area contributed by atoms with Crippen LogP contribution in [0.3, 0.4) is 0 Å². The van der Waals surface area contributed by atoms with Crippen molar-refractivity contribution in [1.29, 1.82) is 0 Å². The standard InChI is InChI=1S/C23H27N5O3S/c1-5-12-24-21(30)25-19(29)15-32-22-27-26-20(28(22)14-18-7-6-13-31-18)16-8-10-17(11-9-16)23(2,3)4/h5-11,13H,1,12,14-15H2,2-4H3,(H2,24,25,29,30). The van der Waals surface area contributed by atoms with Crippen molar-refractivity contribution in [3.05, 3.63) is 66.6 Å². The topological polar surface area (TPSA) is 102 Å². The van der Waals surface area contributed by atoms with E-state index in [1.165, 1.54) is 23.4 Å². The molecule has 0 saturated heterocycles. The van der Waals surface area contributed by atoms with Crippen molar-refractivity contribution in [3.63, 3.8) is 0 Å². The van der Waals surface area contributed by atoms with Crippen LogP contribution < -0.4 is 10.6 Å². The van der Waals surface area contributed by atoms with Crippen LogP contribution in [0.4, 0.5) is 4.79 Å². The molecule has 0 radical (unpaired) electrons. The minimum absolute atomic E-state index is 0.0146. The third-order valence-corrected chi connectivity index (χ3v) is 5.58. The Labute approximate surface area is 191 Å². The summed E-state index contributed by atoms with van der Waals surface area (Å²) in [7, 11) is 0. The molecule has 3 aromatic rings. The Kier molecular flexibility index (Phi) is 7.53. The first-order valence-corrected chi connectivity index (χ1v) is 11.1. The Morgan fingerprint density at radius 2 is 1.94 bits per heavy atom. The van der Waals surface area contributed by atoms with Crippen molar-refractivity contribution in [2.75, 3.05) is 12.3 Å². The van der Waals surface area contributed by atoms with Gasteiger partial charge in [0.05, 0.1) is 18.6 Å². The Morgan fingerprint density at radius 3 is 2.56 bits per heavy atom. The van der Waals surface area contributed by atoms with Gasteiger partial charge in [0.15, 0.2) is 11.0 Å². The zero-order chi connectivity index (χ0) is 23.1. The minimum Gasteiger partial charge on any atom is -0.467 e. The fraction of sp³-hybridized carbons (Fsp3) is 0.304. The molecule has 32 heavy (non-hydrogen) atoms. The van der Waals surface area contributed by atoms with Crippen molar-refractivity contribution in [2.24, 2.45) is 0 Å². The molecular formula is C23H27N5O3S. The number of amides is 3. The number of aromatic nitrogens is 3. The van der Waals surface area contributed by atoms with Crippen molar-refractivity contribution < 1.29 is 14.0 Å². The first kappa shape index (κ1) is 23.3. The van der Waals surface area contributed by atoms with Crippen LogP contribution >= 0.6 is 11.8 Å². The van der Waals surface area contributed by atoms with Gasteiger partial charge in [-0.05, 0) is 23.1 Å². The van der Waals surface area contributed by atoms with Crippen LogP contribution in [0.1, 0.15) is 32.1 Å². The van der Waals surface area contributed by atoms with Gasteiger partial charge in [-0.2, -0.15) is 0 Å². The van der Waals surface area contributed by atoms with Gasteiger partial charge in [0.1, 0.15) is 5.76 Å². The highest BCUT2D eigenvalue weighted by molar-refractivity contribution is 7.99. The lowest BCUT2D eigenvalue weighted by molar-refractivity contribution is -0.117. The van der Waals surface area contributed by atoms with E-state index in [9.17, 15) is 9.59 Å². The second kappa shape index (κ2) is 10.3. The summed E-state index contributed by atoms with van der Waals surface area (Å²) >= 11 is 1.20. The molecule has 2 heterocycles. The molecule has 8 nitrogen and oxygen atoms in total. The number of benzene rings is 1. The summed E-state index contributed by atoms with van der Waals surface area (Å²) in [6, 6.07) is 11.3. The third kappa shape index (κ3) is 6.10. The Hall–Kier alpha value is -3.33. The maximum Gasteiger partial charge on any atom is 0.321 e. The van der Waals surface area contributed by atoms with Gasteiger partial charge in [0, 0.05) is 12.1 Å². The van der Waals surface area contributed by atoms with E-state index in [0.29, 0.717) is 17.5 Å². The zero-order valence-electron chi connectivity index (χ0n) is 18.4. The van der Waals surface area contributed by atoms with Crippen LogP contribution in [-0.4, -0.2) is 39.0 Å². The van der Waals surface area contributed by atoms with Gasteiger partial charge in [0.25, 0.3) is 0 Å². The van der Waals surface area contributed by atoms with Crippen LogP contribution in [0.25, 0.3) is 11.4 Å². The molecule has 0 atom stereocenters. The summed E-state index contributed by atoms with van der Waals surface area (Å²) in [5.41, 5.74) is 2.18. The molecule has 2 N–H and O–H groups in total. The van der Waals surface area contributed by atoms with Crippen molar-refractivity contribution in [3.8, 4) is 11.4 Å². The van der Waals surface area contributed by atoms with Gasteiger partial charge in [-0.25, -0.2) is 4.79 Å². The molecular weight excluding hydrogens is 426 g/mol. The summed E-state index contributed by atoms with van der Waals surface area (Å²) < 4.78 is 7.41. The molecule has 0 aliphatic rings. The number of thioether (sulfide) groups is 1. The van der Waals surface area contributed by atoms with E-state index < -0.39 is 11.9 Å². The van der Waals surface area contributed by atoms with Crippen molar-refractivity contribution in [1.82, 2.24) is 25.4 Å². The maximum absolute atomic E-state index is 12.1. The number of imide groups is 1. The molecule has 0 saturated carbocycles. The third-order valence-electron chi connectivity index (χ3n) is 4.61. The number of hydrogen-bond acceptors (Lipinski definition) is 6. The molecule has 0 unspecified atom stereocenters. The molecule has 1 aromatic carbocycles. The van der Waals surface area contributed by atoms with E-state index in [0.717, 1.165) is 11.3 Å². The number of furan rings is 1. The zero-order valence-corrected chi connectivity index (χ0v) is 19.2. The summed E-state index contributed by atoms with van der Waals surface area (Å²) in [5.74, 6) is 1.00. The molecule has 0 fully saturated rings. The molecule has 3 amide bonds. The first-order valence-electron chi connectivity index (χ1n) is 10.2. The highest BCUT2D eigenvalue weighted by Crippen LogP contribution is 2.28. The molecule has 0 bridgehead atoms. The van der Waals surface area contributed by atoms with Crippen LogP contribution in [0.15, 0.2) is 64.9 Å². The smallest absolute Gasteiger partial charge is 0.321 e. The van der Waals surface area contributed by atoms with Gasteiger partial charge in [0.2, 0.25) is 5.91 Å². The molecule has 0 aliphatic heterocycles. The normalized spacial score (nSPS) is 11.2. The molecule has 3 rings (SSSR count). The van der Waals surface area contributed by atoms with Gasteiger partial charge in [-0.15, -0.1) is 16.8 Å². The average Bonchev–Trinajstić information content (AvgIpc) is 3.40. The molecule has 2 aromatic heterocycles. The number of rotatable bonds is 8. The number of carbonyl (C=O) groups excluding carboxylic acids is 2. The average molecular weight is 454 g/mol. The largest absolute Gasteiger partial charge is 0.467 e. The molecule has 9 heteroatoms. The summed E-state index contributed by atoms with van der Waals surface area (Å²) in [4.78, 5) is 23.8. The quantitative estimate of drug-likeness (QED) is 0.395. The summed E-state index contributed by atoms with van der Waals surface area (Å²) in [6.07, 6.45) is 3.14. The van der Waals surface area contributed by atoms with Gasteiger partial charge in [-0.3, -0.25) is 14.7 Å². The predicted octanol–water partition coefficient (Wildman–Crippen LogP) is 3.99. The van der Waals surface area contributed by atoms with E-state index in [1.54, 1.807) is 6.26 Å². The van der Waals surface area contributed by atoms with Gasteiger partial charge < -0.3 is 9.73 Å². The van der Waals surface area contributed by atoms with Gasteiger partial charge >= 0.3 is 6.03 Å². The van der Waals surface area contributed by atoms with E-state index in [1.807, 2.05) is 28.8 Å². The Morgan fingerprint density at radius 1 is 1.19 bits per heavy atom. The Balaban J connectivity index is 1.79. The highest BCUT2D eigenvalue weighted by atomic mass is 32.2. The van der Waals surface area contributed by atoms with Gasteiger partial charge in [-0.1, -0.05) is 62.9 Å². The van der Waals surface area contributed by atoms with E-state index in [2.05, 4.69) is 60.3 Å². The lowest BCUT2D eigenvalue weighted by atomic mass is 9.87. The fourth-order valence-electron chi connectivity index (χ4n) is 2.93. The number of nitrogens with one attached hydrogen (secondary N) is 2. The van der Waals surface area contributed by atoms with Crippen molar-refractivity contribution in [2.45, 2.75) is 37.9 Å². The maximum atomic E-state index is 12.1. The van der Waals surface area contributed by atoms with Crippen LogP contribution in [0.5, 0.6) is 0 Å². The number of carbonyl (C=O) groups is 2. The SMILES string of the molecule is C=CCNC(=O)NC(=O)CSc1nnc(-c2ccc(C(C)(C)C)cc2)n1Cc1ccco1. The lowest BCUT2D eigenvalue weighted by Gasteiger charge is -2.19. The van der Waals surface area contributed by atoms with E-state index in [-0.39, 0.29) is 17.7 Å². The fourth-order valence-corrected chi connectivity index (χ4v) is 3.67. The van der Waals surface area contributed by atoms with Crippen molar-refractivity contribution >= 4 is 23.7 Å².